The lowest BCUT2D eigenvalue weighted by Gasteiger charge is -2.19. The SMILES string of the molecule is C=Cc1cn(C(=O)OC(C)(C)C)c2ccc(Cl)cc12. The van der Waals surface area contributed by atoms with Crippen LogP contribution in [-0.2, 0) is 4.74 Å². The Morgan fingerprint density at radius 2 is 2.11 bits per heavy atom. The molecule has 0 saturated carbocycles. The topological polar surface area (TPSA) is 31.2 Å². The van der Waals surface area contributed by atoms with Crippen molar-refractivity contribution in [1.29, 1.82) is 0 Å². The highest BCUT2D eigenvalue weighted by molar-refractivity contribution is 6.31. The van der Waals surface area contributed by atoms with Gasteiger partial charge in [-0.1, -0.05) is 24.3 Å². The Balaban J connectivity index is 2.55. The van der Waals surface area contributed by atoms with Gasteiger partial charge in [0.2, 0.25) is 0 Å². The monoisotopic (exact) mass is 277 g/mol. The summed E-state index contributed by atoms with van der Waals surface area (Å²) < 4.78 is 6.86. The third kappa shape index (κ3) is 2.82. The van der Waals surface area contributed by atoms with Crippen LogP contribution in [0.1, 0.15) is 26.3 Å². The van der Waals surface area contributed by atoms with Crippen molar-refractivity contribution >= 4 is 34.7 Å². The molecular formula is C15H16ClNO2. The second-order valence-electron chi connectivity index (χ2n) is 5.30. The third-order valence-corrected chi connectivity index (χ3v) is 2.84. The molecule has 0 spiro atoms. The highest BCUT2D eigenvalue weighted by Crippen LogP contribution is 2.26. The van der Waals surface area contributed by atoms with Crippen molar-refractivity contribution in [2.75, 3.05) is 0 Å². The molecule has 0 aliphatic rings. The number of benzene rings is 1. The molecule has 19 heavy (non-hydrogen) atoms. The highest BCUT2D eigenvalue weighted by atomic mass is 35.5. The van der Waals surface area contributed by atoms with Crippen LogP contribution in [0, 0.1) is 0 Å². The van der Waals surface area contributed by atoms with Crippen LogP contribution in [0.25, 0.3) is 17.0 Å². The number of fused-ring (bicyclic) bond motifs is 1. The van der Waals surface area contributed by atoms with Crippen LogP contribution in [0.4, 0.5) is 4.79 Å². The van der Waals surface area contributed by atoms with Crippen molar-refractivity contribution in [2.24, 2.45) is 0 Å². The minimum absolute atomic E-state index is 0.409. The molecule has 1 aromatic carbocycles. The maximum absolute atomic E-state index is 12.2. The quantitative estimate of drug-likeness (QED) is 0.755. The minimum Gasteiger partial charge on any atom is -0.443 e. The summed E-state index contributed by atoms with van der Waals surface area (Å²) in [5.74, 6) is 0. The summed E-state index contributed by atoms with van der Waals surface area (Å²) in [4.78, 5) is 12.2. The fourth-order valence-corrected chi connectivity index (χ4v) is 2.02. The van der Waals surface area contributed by atoms with Gasteiger partial charge in [0.15, 0.2) is 0 Å². The van der Waals surface area contributed by atoms with Gasteiger partial charge in [-0.25, -0.2) is 4.79 Å². The zero-order valence-corrected chi connectivity index (χ0v) is 12.0. The van der Waals surface area contributed by atoms with Gasteiger partial charge in [0, 0.05) is 22.2 Å². The van der Waals surface area contributed by atoms with Crippen molar-refractivity contribution in [3.05, 3.63) is 41.6 Å². The zero-order chi connectivity index (χ0) is 14.2. The highest BCUT2D eigenvalue weighted by Gasteiger charge is 2.20. The fraction of sp³-hybridized carbons (Fsp3) is 0.267. The molecule has 0 bridgehead atoms. The molecule has 0 N–H and O–H groups in total. The normalized spacial score (nSPS) is 11.6. The van der Waals surface area contributed by atoms with Crippen LogP contribution in [0.5, 0.6) is 0 Å². The summed E-state index contributed by atoms with van der Waals surface area (Å²) in [6.45, 7) is 9.26. The van der Waals surface area contributed by atoms with Crippen molar-refractivity contribution < 1.29 is 9.53 Å². The number of carbonyl (C=O) groups excluding carboxylic acids is 1. The molecule has 1 heterocycles. The van der Waals surface area contributed by atoms with Crippen LogP contribution in [-0.4, -0.2) is 16.3 Å². The predicted molar refractivity (Wildman–Crippen MR) is 78.7 cm³/mol. The van der Waals surface area contributed by atoms with Crippen molar-refractivity contribution in [3.8, 4) is 0 Å². The molecule has 1 aromatic heterocycles. The van der Waals surface area contributed by atoms with E-state index in [2.05, 4.69) is 6.58 Å². The molecule has 2 rings (SSSR count). The van der Waals surface area contributed by atoms with E-state index in [9.17, 15) is 4.79 Å². The number of carbonyl (C=O) groups is 1. The maximum atomic E-state index is 12.2. The molecule has 2 aromatic rings. The lowest BCUT2D eigenvalue weighted by Crippen LogP contribution is -2.26. The molecule has 3 nitrogen and oxygen atoms in total. The van der Waals surface area contributed by atoms with E-state index in [4.69, 9.17) is 16.3 Å². The second kappa shape index (κ2) is 4.74. The van der Waals surface area contributed by atoms with Gasteiger partial charge in [-0.3, -0.25) is 4.57 Å². The van der Waals surface area contributed by atoms with Gasteiger partial charge in [-0.05, 0) is 39.0 Å². The van der Waals surface area contributed by atoms with Crippen LogP contribution in [0.3, 0.4) is 0 Å². The number of aromatic nitrogens is 1. The van der Waals surface area contributed by atoms with Crippen LogP contribution >= 0.6 is 11.6 Å². The van der Waals surface area contributed by atoms with E-state index in [1.807, 2.05) is 26.8 Å². The Bertz CT molecular complexity index is 650. The molecular weight excluding hydrogens is 262 g/mol. The van der Waals surface area contributed by atoms with E-state index in [0.717, 1.165) is 16.5 Å². The van der Waals surface area contributed by atoms with Gasteiger partial charge in [0.1, 0.15) is 5.60 Å². The van der Waals surface area contributed by atoms with Crippen molar-refractivity contribution in [3.63, 3.8) is 0 Å². The smallest absolute Gasteiger partial charge is 0.419 e. The molecule has 0 amide bonds. The molecule has 0 fully saturated rings. The minimum atomic E-state index is -0.533. The van der Waals surface area contributed by atoms with Crippen molar-refractivity contribution in [1.82, 2.24) is 4.57 Å². The largest absolute Gasteiger partial charge is 0.443 e. The Labute approximate surface area is 117 Å². The van der Waals surface area contributed by atoms with Crippen LogP contribution < -0.4 is 0 Å². The first kappa shape index (κ1) is 13.7. The van der Waals surface area contributed by atoms with Gasteiger partial charge < -0.3 is 4.74 Å². The Morgan fingerprint density at radius 3 is 2.68 bits per heavy atom. The number of hydrogen-bond acceptors (Lipinski definition) is 2. The lowest BCUT2D eigenvalue weighted by atomic mass is 10.2. The van der Waals surface area contributed by atoms with E-state index in [1.165, 1.54) is 4.57 Å². The summed E-state index contributed by atoms with van der Waals surface area (Å²) in [7, 11) is 0. The van der Waals surface area contributed by atoms with Gasteiger partial charge in [0.25, 0.3) is 0 Å². The first-order chi connectivity index (χ1) is 8.81. The molecule has 0 aliphatic carbocycles. The number of nitrogens with zero attached hydrogens (tertiary/aromatic N) is 1. The summed E-state index contributed by atoms with van der Waals surface area (Å²) in [6, 6.07) is 5.36. The zero-order valence-electron chi connectivity index (χ0n) is 11.2. The maximum Gasteiger partial charge on any atom is 0.419 e. The Hall–Kier alpha value is -1.74. The van der Waals surface area contributed by atoms with E-state index in [1.54, 1.807) is 24.4 Å². The van der Waals surface area contributed by atoms with Gasteiger partial charge in [-0.15, -0.1) is 0 Å². The van der Waals surface area contributed by atoms with E-state index in [0.29, 0.717) is 5.02 Å². The fourth-order valence-electron chi connectivity index (χ4n) is 1.85. The van der Waals surface area contributed by atoms with E-state index in [-0.39, 0.29) is 0 Å². The van der Waals surface area contributed by atoms with Crippen LogP contribution in [0.2, 0.25) is 5.02 Å². The summed E-state index contributed by atoms with van der Waals surface area (Å²) in [5.41, 5.74) is 1.07. The molecule has 0 aliphatic heterocycles. The summed E-state index contributed by atoms with van der Waals surface area (Å²) in [6.07, 6.45) is 3.00. The molecule has 0 unspecified atom stereocenters. The standard InChI is InChI=1S/C15H16ClNO2/c1-5-10-9-17(14(18)19-15(2,3)4)13-7-6-11(16)8-12(10)13/h5-9H,1H2,2-4H3. The first-order valence-electron chi connectivity index (χ1n) is 5.98. The Kier molecular flexibility index (Phi) is 3.42. The Morgan fingerprint density at radius 1 is 1.42 bits per heavy atom. The number of rotatable bonds is 1. The third-order valence-electron chi connectivity index (χ3n) is 2.61. The van der Waals surface area contributed by atoms with Crippen molar-refractivity contribution in [2.45, 2.75) is 26.4 Å². The van der Waals surface area contributed by atoms with Gasteiger partial charge >= 0.3 is 6.09 Å². The predicted octanol–water partition coefficient (Wildman–Crippen LogP) is 4.72. The molecule has 0 radical (unpaired) electrons. The average molecular weight is 278 g/mol. The molecule has 0 atom stereocenters. The summed E-state index contributed by atoms with van der Waals surface area (Å²) >= 11 is 5.98. The van der Waals surface area contributed by atoms with E-state index < -0.39 is 11.7 Å². The molecule has 100 valence electrons. The molecule has 0 saturated heterocycles. The lowest BCUT2D eigenvalue weighted by molar-refractivity contribution is 0.0544. The average Bonchev–Trinajstić information content (AvgIpc) is 2.64. The second-order valence-corrected chi connectivity index (χ2v) is 5.74. The van der Waals surface area contributed by atoms with Crippen LogP contribution in [0.15, 0.2) is 31.0 Å². The first-order valence-corrected chi connectivity index (χ1v) is 6.36. The number of hydrogen-bond donors (Lipinski definition) is 0. The van der Waals surface area contributed by atoms with Gasteiger partial charge in [0.05, 0.1) is 5.52 Å². The van der Waals surface area contributed by atoms with E-state index >= 15 is 0 Å². The summed E-state index contributed by atoms with van der Waals surface area (Å²) in [5, 5.41) is 1.51. The number of ether oxygens (including phenoxy) is 1. The molecule has 4 heteroatoms. The number of halogens is 1. The van der Waals surface area contributed by atoms with Gasteiger partial charge in [-0.2, -0.15) is 0 Å².